The highest BCUT2D eigenvalue weighted by atomic mass is 79.9. The Bertz CT molecular complexity index is 418. The second-order valence-corrected chi connectivity index (χ2v) is 6.45. The molecular formula is C13H20BrClN2O. The van der Waals surface area contributed by atoms with Crippen molar-refractivity contribution >= 4 is 27.5 Å². The Morgan fingerprint density at radius 1 is 1.33 bits per heavy atom. The highest BCUT2D eigenvalue weighted by Gasteiger charge is 2.25. The van der Waals surface area contributed by atoms with Gasteiger partial charge in [-0.1, -0.05) is 45.7 Å². The number of ether oxygens (including phenoxy) is 1. The van der Waals surface area contributed by atoms with Crippen molar-refractivity contribution in [3.63, 3.8) is 0 Å². The summed E-state index contributed by atoms with van der Waals surface area (Å²) in [6, 6.07) is 0. The Kier molecular flexibility index (Phi) is 5.56. The number of rotatable bonds is 4. The van der Waals surface area contributed by atoms with Crippen molar-refractivity contribution in [1.82, 2.24) is 9.97 Å². The maximum Gasteiger partial charge on any atom is 0.159 e. The van der Waals surface area contributed by atoms with E-state index in [0.29, 0.717) is 11.0 Å². The monoisotopic (exact) mass is 334 g/mol. The fourth-order valence-corrected chi connectivity index (χ4v) is 2.64. The molecule has 0 N–H and O–H groups in total. The van der Waals surface area contributed by atoms with E-state index in [1.165, 1.54) is 0 Å². The summed E-state index contributed by atoms with van der Waals surface area (Å²) in [7, 11) is 1.68. The number of nitrogens with zero attached hydrogens (tertiary/aromatic N) is 2. The minimum Gasteiger partial charge on any atom is -0.373 e. The van der Waals surface area contributed by atoms with Gasteiger partial charge in [0.05, 0.1) is 10.2 Å². The van der Waals surface area contributed by atoms with Crippen LogP contribution in [0.15, 0.2) is 4.47 Å². The molecule has 0 saturated carbocycles. The predicted octanol–water partition coefficient (Wildman–Crippen LogP) is 4.68. The molecule has 1 rings (SSSR count). The summed E-state index contributed by atoms with van der Waals surface area (Å²) >= 11 is 9.64. The van der Waals surface area contributed by atoms with Crippen LogP contribution >= 0.6 is 27.5 Å². The van der Waals surface area contributed by atoms with Crippen molar-refractivity contribution in [3.05, 3.63) is 21.1 Å². The van der Waals surface area contributed by atoms with Gasteiger partial charge in [0.1, 0.15) is 11.3 Å². The highest BCUT2D eigenvalue weighted by molar-refractivity contribution is 9.10. The van der Waals surface area contributed by atoms with Crippen molar-refractivity contribution in [2.24, 2.45) is 0 Å². The van der Waals surface area contributed by atoms with Gasteiger partial charge >= 0.3 is 0 Å². The second-order valence-electron chi connectivity index (χ2n) is 5.30. The van der Waals surface area contributed by atoms with E-state index in [2.05, 4.69) is 53.6 Å². The van der Waals surface area contributed by atoms with Crippen LogP contribution in [0.25, 0.3) is 0 Å². The minimum atomic E-state index is -0.0956. The molecule has 0 saturated heterocycles. The number of hydrogen-bond acceptors (Lipinski definition) is 3. The maximum atomic E-state index is 6.17. The predicted molar refractivity (Wildman–Crippen MR) is 78.1 cm³/mol. The van der Waals surface area contributed by atoms with E-state index in [-0.39, 0.29) is 11.5 Å². The zero-order valence-electron chi connectivity index (χ0n) is 11.6. The lowest BCUT2D eigenvalue weighted by Gasteiger charge is -2.22. The first kappa shape index (κ1) is 15.9. The van der Waals surface area contributed by atoms with E-state index in [9.17, 15) is 0 Å². The molecule has 1 heterocycles. The zero-order valence-corrected chi connectivity index (χ0v) is 13.9. The van der Waals surface area contributed by atoms with Crippen LogP contribution in [-0.2, 0) is 10.2 Å². The maximum absolute atomic E-state index is 6.17. The number of methoxy groups -OCH3 is 1. The Hall–Kier alpha value is -0.190. The van der Waals surface area contributed by atoms with Crippen LogP contribution in [0.1, 0.15) is 58.2 Å². The molecule has 0 fully saturated rings. The smallest absolute Gasteiger partial charge is 0.159 e. The fourth-order valence-electron chi connectivity index (χ4n) is 1.69. The van der Waals surface area contributed by atoms with E-state index >= 15 is 0 Å². The molecule has 0 aliphatic heterocycles. The van der Waals surface area contributed by atoms with Crippen molar-refractivity contribution in [3.8, 4) is 0 Å². The lowest BCUT2D eigenvalue weighted by atomic mass is 9.92. The normalized spacial score (nSPS) is 13.7. The van der Waals surface area contributed by atoms with Gasteiger partial charge in [-0.15, -0.1) is 0 Å². The molecular weight excluding hydrogens is 316 g/mol. The highest BCUT2D eigenvalue weighted by Crippen LogP contribution is 2.34. The molecule has 0 aliphatic carbocycles. The SMILES string of the molecule is CCCC(OC)c1nc(Cl)c(Br)c(C(C)(C)C)n1. The average molecular weight is 336 g/mol. The van der Waals surface area contributed by atoms with Gasteiger partial charge in [-0.05, 0) is 22.4 Å². The third-order valence-electron chi connectivity index (χ3n) is 2.66. The molecule has 1 aromatic heterocycles. The van der Waals surface area contributed by atoms with E-state index in [0.717, 1.165) is 23.0 Å². The summed E-state index contributed by atoms with van der Waals surface area (Å²) in [6.07, 6.45) is 1.81. The quantitative estimate of drug-likeness (QED) is 0.749. The van der Waals surface area contributed by atoms with Gasteiger partial charge in [0, 0.05) is 12.5 Å². The van der Waals surface area contributed by atoms with Gasteiger partial charge in [-0.25, -0.2) is 9.97 Å². The van der Waals surface area contributed by atoms with Crippen molar-refractivity contribution in [1.29, 1.82) is 0 Å². The topological polar surface area (TPSA) is 35.0 Å². The largest absolute Gasteiger partial charge is 0.373 e. The number of aromatic nitrogens is 2. The molecule has 0 amide bonds. The first-order valence-corrected chi connectivity index (χ1v) is 7.24. The van der Waals surface area contributed by atoms with Gasteiger partial charge in [-0.2, -0.15) is 0 Å². The summed E-state index contributed by atoms with van der Waals surface area (Å²) in [6.45, 7) is 8.41. The molecule has 102 valence electrons. The molecule has 5 heteroatoms. The Labute approximate surface area is 122 Å². The molecule has 1 aromatic rings. The first-order chi connectivity index (χ1) is 8.31. The Balaban J connectivity index is 3.27. The lowest BCUT2D eigenvalue weighted by molar-refractivity contribution is 0.0872. The van der Waals surface area contributed by atoms with Gasteiger partial charge in [0.2, 0.25) is 0 Å². The summed E-state index contributed by atoms with van der Waals surface area (Å²) in [4.78, 5) is 8.95. The van der Waals surface area contributed by atoms with Gasteiger partial charge in [0.25, 0.3) is 0 Å². The van der Waals surface area contributed by atoms with E-state index in [1.807, 2.05) is 0 Å². The van der Waals surface area contributed by atoms with Crippen LogP contribution in [0.5, 0.6) is 0 Å². The van der Waals surface area contributed by atoms with E-state index in [4.69, 9.17) is 16.3 Å². The Morgan fingerprint density at radius 2 is 1.94 bits per heavy atom. The van der Waals surface area contributed by atoms with Gasteiger partial charge < -0.3 is 4.74 Å². The standard InChI is InChI=1S/C13H20BrClN2O/c1-6-7-8(18-5)12-16-10(13(2,3)4)9(14)11(15)17-12/h8H,6-7H2,1-5H3. The molecule has 0 aliphatic rings. The molecule has 1 atom stereocenters. The second kappa shape index (κ2) is 6.31. The van der Waals surface area contributed by atoms with Crippen molar-refractivity contribution < 1.29 is 4.74 Å². The molecule has 3 nitrogen and oxygen atoms in total. The molecule has 0 spiro atoms. The van der Waals surface area contributed by atoms with Gasteiger partial charge in [0.15, 0.2) is 5.82 Å². The third kappa shape index (κ3) is 3.65. The van der Waals surface area contributed by atoms with E-state index < -0.39 is 0 Å². The van der Waals surface area contributed by atoms with Gasteiger partial charge in [-0.3, -0.25) is 0 Å². The molecule has 0 radical (unpaired) electrons. The minimum absolute atomic E-state index is 0.0926. The Morgan fingerprint density at radius 3 is 2.39 bits per heavy atom. The van der Waals surface area contributed by atoms with E-state index in [1.54, 1.807) is 7.11 Å². The lowest BCUT2D eigenvalue weighted by Crippen LogP contribution is -2.18. The molecule has 18 heavy (non-hydrogen) atoms. The molecule has 1 unspecified atom stereocenters. The summed E-state index contributed by atoms with van der Waals surface area (Å²) in [5, 5.41) is 0.447. The molecule has 0 bridgehead atoms. The average Bonchev–Trinajstić information content (AvgIpc) is 2.28. The van der Waals surface area contributed by atoms with Crippen LogP contribution in [0.2, 0.25) is 5.15 Å². The van der Waals surface area contributed by atoms with Crippen LogP contribution in [-0.4, -0.2) is 17.1 Å². The van der Waals surface area contributed by atoms with Crippen molar-refractivity contribution in [2.45, 2.75) is 52.1 Å². The number of hydrogen-bond donors (Lipinski definition) is 0. The summed E-state index contributed by atoms with van der Waals surface area (Å²) in [5.74, 6) is 0.664. The fraction of sp³-hybridized carbons (Fsp3) is 0.692. The van der Waals surface area contributed by atoms with Crippen molar-refractivity contribution in [2.75, 3.05) is 7.11 Å². The molecule has 0 aromatic carbocycles. The summed E-state index contributed by atoms with van der Waals surface area (Å²) < 4.78 is 6.21. The van der Waals surface area contributed by atoms with Crippen LogP contribution in [0.3, 0.4) is 0 Å². The third-order valence-corrected chi connectivity index (χ3v) is 3.91. The number of halogens is 2. The van der Waals surface area contributed by atoms with Crippen LogP contribution < -0.4 is 0 Å². The summed E-state index contributed by atoms with van der Waals surface area (Å²) in [5.41, 5.74) is 0.820. The first-order valence-electron chi connectivity index (χ1n) is 6.07. The van der Waals surface area contributed by atoms with Crippen LogP contribution in [0, 0.1) is 0 Å². The van der Waals surface area contributed by atoms with Crippen LogP contribution in [0.4, 0.5) is 0 Å². The zero-order chi connectivity index (χ0) is 13.9.